The Morgan fingerprint density at radius 2 is 2.40 bits per heavy atom. The maximum atomic E-state index is 4.54. The maximum Gasteiger partial charge on any atom is 0.113 e. The molecule has 15 heavy (non-hydrogen) atoms. The van der Waals surface area contributed by atoms with E-state index >= 15 is 0 Å². The van der Waals surface area contributed by atoms with Gasteiger partial charge < -0.3 is 5.32 Å². The van der Waals surface area contributed by atoms with E-state index < -0.39 is 0 Å². The first kappa shape index (κ1) is 10.1. The standard InChI is InChI=1S/C11H16N2S2/c1-4-11(8-14-6-1,13-9-2-3-9)10-12-5-7-15-10/h5,7,9,13H,1-4,6,8H2. The van der Waals surface area contributed by atoms with Crippen molar-refractivity contribution in [3.05, 3.63) is 16.6 Å². The fraction of sp³-hybridized carbons (Fsp3) is 0.727. The molecule has 2 fully saturated rings. The number of thiazole rings is 1. The minimum absolute atomic E-state index is 0.207. The molecule has 1 saturated heterocycles. The molecular weight excluding hydrogens is 224 g/mol. The molecule has 1 unspecified atom stereocenters. The molecule has 0 bridgehead atoms. The second kappa shape index (κ2) is 4.07. The normalized spacial score (nSPS) is 31.7. The molecule has 1 N–H and O–H groups in total. The van der Waals surface area contributed by atoms with Gasteiger partial charge in [0.25, 0.3) is 0 Å². The van der Waals surface area contributed by atoms with Crippen molar-refractivity contribution in [1.29, 1.82) is 0 Å². The Labute approximate surface area is 98.9 Å². The molecule has 0 radical (unpaired) electrons. The van der Waals surface area contributed by atoms with Gasteiger partial charge in [0, 0.05) is 23.4 Å². The number of nitrogens with zero attached hydrogens (tertiary/aromatic N) is 1. The topological polar surface area (TPSA) is 24.9 Å². The quantitative estimate of drug-likeness (QED) is 0.879. The molecule has 1 aromatic heterocycles. The van der Waals surface area contributed by atoms with Crippen molar-refractivity contribution >= 4 is 23.1 Å². The SMILES string of the molecule is c1csc(C2(NC3CC3)CCCSC2)n1. The fourth-order valence-corrected chi connectivity index (χ4v) is 4.35. The van der Waals surface area contributed by atoms with Crippen LogP contribution in [0.25, 0.3) is 0 Å². The summed E-state index contributed by atoms with van der Waals surface area (Å²) in [6.07, 6.45) is 7.25. The van der Waals surface area contributed by atoms with Crippen LogP contribution in [-0.2, 0) is 5.54 Å². The van der Waals surface area contributed by atoms with Gasteiger partial charge in [0.15, 0.2) is 0 Å². The zero-order valence-electron chi connectivity index (χ0n) is 8.74. The highest BCUT2D eigenvalue weighted by molar-refractivity contribution is 7.99. The second-order valence-corrected chi connectivity index (χ2v) is 6.49. The molecule has 0 amide bonds. The summed E-state index contributed by atoms with van der Waals surface area (Å²) in [5.74, 6) is 2.52. The molecule has 2 aliphatic rings. The minimum Gasteiger partial charge on any atom is -0.302 e. The van der Waals surface area contributed by atoms with Crippen LogP contribution in [0.1, 0.15) is 30.7 Å². The molecule has 3 rings (SSSR count). The average Bonchev–Trinajstić information content (AvgIpc) is 2.91. The number of thioether (sulfide) groups is 1. The van der Waals surface area contributed by atoms with Gasteiger partial charge in [0.2, 0.25) is 0 Å². The van der Waals surface area contributed by atoms with Crippen molar-refractivity contribution in [2.24, 2.45) is 0 Å². The molecule has 0 aromatic carbocycles. The van der Waals surface area contributed by atoms with Crippen LogP contribution < -0.4 is 5.32 Å². The third-order valence-electron chi connectivity index (χ3n) is 3.14. The first-order valence-electron chi connectivity index (χ1n) is 5.64. The van der Waals surface area contributed by atoms with E-state index in [0.717, 1.165) is 6.04 Å². The third kappa shape index (κ3) is 2.08. The Bertz CT molecular complexity index is 313. The smallest absolute Gasteiger partial charge is 0.113 e. The van der Waals surface area contributed by atoms with Crippen LogP contribution in [0.15, 0.2) is 11.6 Å². The molecule has 82 valence electrons. The fourth-order valence-electron chi connectivity index (χ4n) is 2.22. The van der Waals surface area contributed by atoms with Crippen LogP contribution in [0.5, 0.6) is 0 Å². The number of aromatic nitrogens is 1. The van der Waals surface area contributed by atoms with E-state index in [4.69, 9.17) is 0 Å². The lowest BCUT2D eigenvalue weighted by atomic mass is 9.96. The average molecular weight is 240 g/mol. The van der Waals surface area contributed by atoms with Crippen LogP contribution in [0.2, 0.25) is 0 Å². The third-order valence-corrected chi connectivity index (χ3v) is 5.39. The highest BCUT2D eigenvalue weighted by Gasteiger charge is 2.40. The summed E-state index contributed by atoms with van der Waals surface area (Å²) in [6, 6.07) is 0.771. The van der Waals surface area contributed by atoms with E-state index in [2.05, 4.69) is 27.4 Å². The summed E-state index contributed by atoms with van der Waals surface area (Å²) in [5.41, 5.74) is 0.207. The van der Waals surface area contributed by atoms with Gasteiger partial charge in [0.1, 0.15) is 5.01 Å². The summed E-state index contributed by atoms with van der Waals surface area (Å²) in [6.45, 7) is 0. The number of nitrogens with one attached hydrogen (secondary N) is 1. The van der Waals surface area contributed by atoms with Gasteiger partial charge in [-0.3, -0.25) is 0 Å². The van der Waals surface area contributed by atoms with Gasteiger partial charge in [-0.05, 0) is 31.4 Å². The zero-order chi connectivity index (χ0) is 10.1. The monoisotopic (exact) mass is 240 g/mol. The van der Waals surface area contributed by atoms with Crippen molar-refractivity contribution in [2.75, 3.05) is 11.5 Å². The minimum atomic E-state index is 0.207. The molecule has 1 saturated carbocycles. The van der Waals surface area contributed by atoms with E-state index in [0.29, 0.717) is 0 Å². The van der Waals surface area contributed by atoms with Gasteiger partial charge in [0.05, 0.1) is 5.54 Å². The van der Waals surface area contributed by atoms with Crippen molar-refractivity contribution < 1.29 is 0 Å². The zero-order valence-corrected chi connectivity index (χ0v) is 10.4. The summed E-state index contributed by atoms with van der Waals surface area (Å²) in [5, 5.41) is 7.24. The molecule has 2 heterocycles. The van der Waals surface area contributed by atoms with Crippen molar-refractivity contribution in [3.63, 3.8) is 0 Å². The molecule has 1 aromatic rings. The summed E-state index contributed by atoms with van der Waals surface area (Å²) in [4.78, 5) is 4.54. The van der Waals surface area contributed by atoms with E-state index in [1.54, 1.807) is 0 Å². The largest absolute Gasteiger partial charge is 0.302 e. The van der Waals surface area contributed by atoms with Crippen molar-refractivity contribution in [3.8, 4) is 0 Å². The van der Waals surface area contributed by atoms with Crippen LogP contribution in [-0.4, -0.2) is 22.5 Å². The number of hydrogen-bond acceptors (Lipinski definition) is 4. The van der Waals surface area contributed by atoms with Crippen molar-refractivity contribution in [1.82, 2.24) is 10.3 Å². The summed E-state index contributed by atoms with van der Waals surface area (Å²) in [7, 11) is 0. The van der Waals surface area contributed by atoms with E-state index in [9.17, 15) is 0 Å². The molecule has 1 aliphatic heterocycles. The van der Waals surface area contributed by atoms with Crippen LogP contribution in [0.3, 0.4) is 0 Å². The summed E-state index contributed by atoms with van der Waals surface area (Å²) >= 11 is 3.89. The first-order valence-corrected chi connectivity index (χ1v) is 7.68. The Hall–Kier alpha value is -0.0600. The number of rotatable bonds is 3. The summed E-state index contributed by atoms with van der Waals surface area (Å²) < 4.78 is 0. The Kier molecular flexibility index (Phi) is 2.75. The lowest BCUT2D eigenvalue weighted by Crippen LogP contribution is -2.47. The van der Waals surface area contributed by atoms with Gasteiger partial charge in [-0.25, -0.2) is 4.98 Å². The Morgan fingerprint density at radius 3 is 3.00 bits per heavy atom. The van der Waals surface area contributed by atoms with E-state index in [1.165, 1.54) is 42.2 Å². The van der Waals surface area contributed by atoms with Crippen molar-refractivity contribution in [2.45, 2.75) is 37.3 Å². The second-order valence-electron chi connectivity index (χ2n) is 4.49. The Balaban J connectivity index is 1.84. The van der Waals surface area contributed by atoms with E-state index in [-0.39, 0.29) is 5.54 Å². The molecule has 0 spiro atoms. The molecule has 1 atom stereocenters. The first-order chi connectivity index (χ1) is 7.39. The van der Waals surface area contributed by atoms with Gasteiger partial charge in [-0.2, -0.15) is 11.8 Å². The predicted octanol–water partition coefficient (Wildman–Crippen LogP) is 2.62. The van der Waals surface area contributed by atoms with Gasteiger partial charge in [-0.15, -0.1) is 11.3 Å². The maximum absolute atomic E-state index is 4.54. The van der Waals surface area contributed by atoms with Crippen LogP contribution in [0.4, 0.5) is 0 Å². The molecule has 2 nitrogen and oxygen atoms in total. The Morgan fingerprint density at radius 1 is 1.47 bits per heavy atom. The van der Waals surface area contributed by atoms with Gasteiger partial charge >= 0.3 is 0 Å². The number of hydrogen-bond donors (Lipinski definition) is 1. The molecule has 4 heteroatoms. The van der Waals surface area contributed by atoms with Crippen LogP contribution in [0, 0.1) is 0 Å². The lowest BCUT2D eigenvalue weighted by Gasteiger charge is -2.36. The highest BCUT2D eigenvalue weighted by atomic mass is 32.2. The lowest BCUT2D eigenvalue weighted by molar-refractivity contribution is 0.333. The van der Waals surface area contributed by atoms with Gasteiger partial charge in [-0.1, -0.05) is 0 Å². The van der Waals surface area contributed by atoms with E-state index in [1.807, 2.05) is 17.5 Å². The van der Waals surface area contributed by atoms with Crippen LogP contribution >= 0.6 is 23.1 Å². The molecule has 1 aliphatic carbocycles. The molecular formula is C11H16N2S2. The highest BCUT2D eigenvalue weighted by Crippen LogP contribution is 2.39. The predicted molar refractivity (Wildman–Crippen MR) is 66.5 cm³/mol.